The summed E-state index contributed by atoms with van der Waals surface area (Å²) in [7, 11) is 0. The molecule has 0 aromatic carbocycles. The molecule has 12 heavy (non-hydrogen) atoms. The summed E-state index contributed by atoms with van der Waals surface area (Å²) in [6.07, 6.45) is 2.05. The number of hydrogen-bond donors (Lipinski definition) is 0. The van der Waals surface area contributed by atoms with Crippen LogP contribution >= 0.6 is 11.3 Å². The molecule has 3 nitrogen and oxygen atoms in total. The molecule has 0 radical (unpaired) electrons. The number of carboxylic acid groups (broad SMARTS) is 1. The maximum absolute atomic E-state index is 10.2. The summed E-state index contributed by atoms with van der Waals surface area (Å²) in [6.45, 7) is 4.50. The fourth-order valence-corrected chi connectivity index (χ4v) is 1.97. The lowest BCUT2D eigenvalue weighted by molar-refractivity contribution is -0.697. The number of carbonyl (C=O) groups is 1. The van der Waals surface area contributed by atoms with Crippen molar-refractivity contribution in [1.82, 2.24) is 0 Å². The Morgan fingerprint density at radius 2 is 2.33 bits per heavy atom. The van der Waals surface area contributed by atoms with Crippen LogP contribution in [0, 0.1) is 13.8 Å². The first kappa shape index (κ1) is 9.19. The smallest absolute Gasteiger partial charge is 0.234 e. The van der Waals surface area contributed by atoms with Crippen molar-refractivity contribution < 1.29 is 14.5 Å². The third-order valence-electron chi connectivity index (χ3n) is 1.61. The van der Waals surface area contributed by atoms with Gasteiger partial charge in [-0.3, -0.25) is 0 Å². The molecule has 1 rings (SSSR count). The van der Waals surface area contributed by atoms with E-state index in [1.54, 1.807) is 11.3 Å². The molecule has 0 bridgehead atoms. The zero-order valence-electron chi connectivity index (χ0n) is 7.16. The van der Waals surface area contributed by atoms with Gasteiger partial charge in [0, 0.05) is 19.3 Å². The minimum Gasteiger partial charge on any atom is -0.550 e. The Bertz CT molecular complexity index is 293. The van der Waals surface area contributed by atoms with Gasteiger partial charge in [0.1, 0.15) is 0 Å². The average Bonchev–Trinajstić information content (AvgIpc) is 2.26. The van der Waals surface area contributed by atoms with Gasteiger partial charge in [0.05, 0.1) is 4.88 Å². The van der Waals surface area contributed by atoms with E-state index in [2.05, 4.69) is 0 Å². The molecule has 0 unspecified atom stereocenters. The predicted octanol–water partition coefficient (Wildman–Crippen LogP) is -0.208. The number of nitrogens with zero attached hydrogens (tertiary/aromatic N) is 1. The summed E-state index contributed by atoms with van der Waals surface area (Å²) in [5, 5.41) is 11.3. The number of aryl methyl sites for hydroxylation is 3. The van der Waals surface area contributed by atoms with Crippen LogP contribution in [0.1, 0.15) is 16.3 Å². The van der Waals surface area contributed by atoms with Gasteiger partial charge in [-0.15, -0.1) is 0 Å². The fraction of sp³-hybridized carbons (Fsp3) is 0.500. The molecule has 0 spiro atoms. The van der Waals surface area contributed by atoms with Crippen LogP contribution in [0.25, 0.3) is 0 Å². The number of carbonyl (C=O) groups excluding carboxylic acids is 1. The Balaban J connectivity index is 2.62. The number of thiazole rings is 1. The molecule has 0 saturated heterocycles. The highest BCUT2D eigenvalue weighted by Gasteiger charge is 2.09. The lowest BCUT2D eigenvalue weighted by Gasteiger charge is -1.96. The van der Waals surface area contributed by atoms with E-state index in [1.807, 2.05) is 24.6 Å². The van der Waals surface area contributed by atoms with Crippen LogP contribution < -0.4 is 9.67 Å². The highest BCUT2D eigenvalue weighted by Crippen LogP contribution is 2.07. The molecule has 0 atom stereocenters. The van der Waals surface area contributed by atoms with E-state index in [9.17, 15) is 9.90 Å². The predicted molar refractivity (Wildman–Crippen MR) is 43.6 cm³/mol. The lowest BCUT2D eigenvalue weighted by Crippen LogP contribution is -2.37. The molecule has 0 saturated carbocycles. The Morgan fingerprint density at radius 1 is 1.67 bits per heavy atom. The molecule has 0 aliphatic carbocycles. The van der Waals surface area contributed by atoms with E-state index >= 15 is 0 Å². The zero-order chi connectivity index (χ0) is 9.14. The van der Waals surface area contributed by atoms with Gasteiger partial charge in [-0.1, -0.05) is 11.3 Å². The molecule has 0 aliphatic rings. The van der Waals surface area contributed by atoms with E-state index in [0.29, 0.717) is 6.54 Å². The number of aromatic nitrogens is 1. The molecule has 66 valence electrons. The Morgan fingerprint density at radius 3 is 2.75 bits per heavy atom. The van der Waals surface area contributed by atoms with Crippen molar-refractivity contribution in [3.8, 4) is 0 Å². The number of aliphatic carboxylic acids is 1. The van der Waals surface area contributed by atoms with Crippen LogP contribution in [-0.4, -0.2) is 5.97 Å². The van der Waals surface area contributed by atoms with Crippen molar-refractivity contribution in [1.29, 1.82) is 0 Å². The van der Waals surface area contributed by atoms with Crippen LogP contribution in [-0.2, 0) is 11.3 Å². The van der Waals surface area contributed by atoms with Gasteiger partial charge in [-0.25, -0.2) is 0 Å². The Labute approximate surface area is 75.3 Å². The number of carboxylic acids is 1. The quantitative estimate of drug-likeness (QED) is 0.612. The van der Waals surface area contributed by atoms with Crippen molar-refractivity contribution in [2.75, 3.05) is 0 Å². The lowest BCUT2D eigenvalue weighted by atomic mass is 10.4. The van der Waals surface area contributed by atoms with E-state index in [0.717, 1.165) is 5.01 Å². The van der Waals surface area contributed by atoms with Crippen LogP contribution in [0.5, 0.6) is 0 Å². The third kappa shape index (κ3) is 2.30. The number of hydrogen-bond acceptors (Lipinski definition) is 3. The van der Waals surface area contributed by atoms with Gasteiger partial charge in [-0.2, -0.15) is 4.57 Å². The first-order valence-corrected chi connectivity index (χ1v) is 4.57. The molecule has 1 aromatic heterocycles. The maximum atomic E-state index is 10.2. The van der Waals surface area contributed by atoms with Crippen molar-refractivity contribution in [3.05, 3.63) is 16.1 Å². The van der Waals surface area contributed by atoms with Gasteiger partial charge in [0.25, 0.3) is 0 Å². The van der Waals surface area contributed by atoms with Crippen LogP contribution in [0.15, 0.2) is 6.20 Å². The van der Waals surface area contributed by atoms with Gasteiger partial charge < -0.3 is 9.90 Å². The average molecular weight is 185 g/mol. The molecule has 1 heterocycles. The first-order valence-electron chi connectivity index (χ1n) is 3.76. The normalized spacial score (nSPS) is 10.2. The van der Waals surface area contributed by atoms with Crippen molar-refractivity contribution >= 4 is 17.3 Å². The summed E-state index contributed by atoms with van der Waals surface area (Å²) < 4.78 is 1.94. The SMILES string of the molecule is Cc1c[n+](CCC(=O)[O-])c(C)s1. The van der Waals surface area contributed by atoms with E-state index in [-0.39, 0.29) is 6.42 Å². The first-order chi connectivity index (χ1) is 5.59. The van der Waals surface area contributed by atoms with Crippen molar-refractivity contribution in [2.24, 2.45) is 0 Å². The molecule has 0 fully saturated rings. The van der Waals surface area contributed by atoms with E-state index in [1.165, 1.54) is 4.88 Å². The summed E-state index contributed by atoms with van der Waals surface area (Å²) in [6, 6.07) is 0. The fourth-order valence-electron chi connectivity index (χ4n) is 1.06. The summed E-state index contributed by atoms with van der Waals surface area (Å²) >= 11 is 1.67. The molecule has 0 amide bonds. The van der Waals surface area contributed by atoms with E-state index < -0.39 is 5.97 Å². The summed E-state index contributed by atoms with van der Waals surface area (Å²) in [5.74, 6) is -0.995. The molecule has 4 heteroatoms. The third-order valence-corrected chi connectivity index (χ3v) is 2.56. The highest BCUT2D eigenvalue weighted by atomic mass is 32.1. The second-order valence-corrected chi connectivity index (χ2v) is 4.12. The zero-order valence-corrected chi connectivity index (χ0v) is 7.98. The minimum atomic E-state index is -0.995. The van der Waals surface area contributed by atoms with Crippen LogP contribution in [0.4, 0.5) is 0 Å². The Kier molecular flexibility index (Phi) is 2.81. The summed E-state index contributed by atoms with van der Waals surface area (Å²) in [4.78, 5) is 11.4. The molecular formula is C8H11NO2S. The summed E-state index contributed by atoms with van der Waals surface area (Å²) in [5.41, 5.74) is 0. The molecule has 1 aromatic rings. The van der Waals surface area contributed by atoms with Crippen molar-refractivity contribution in [2.45, 2.75) is 26.8 Å². The van der Waals surface area contributed by atoms with Crippen LogP contribution in [0.3, 0.4) is 0 Å². The maximum Gasteiger partial charge on any atom is 0.234 e. The number of rotatable bonds is 3. The van der Waals surface area contributed by atoms with Crippen LogP contribution in [0.2, 0.25) is 0 Å². The molecular weight excluding hydrogens is 174 g/mol. The van der Waals surface area contributed by atoms with Gasteiger partial charge in [-0.05, 0) is 6.92 Å². The standard InChI is InChI=1S/C8H11NO2S/c1-6-5-9(7(2)12-6)4-3-8(10)11/h5H,3-4H2,1-2H3. The largest absolute Gasteiger partial charge is 0.550 e. The van der Waals surface area contributed by atoms with Gasteiger partial charge >= 0.3 is 0 Å². The van der Waals surface area contributed by atoms with Crippen molar-refractivity contribution in [3.63, 3.8) is 0 Å². The second-order valence-electron chi connectivity index (χ2n) is 2.68. The topological polar surface area (TPSA) is 44.0 Å². The highest BCUT2D eigenvalue weighted by molar-refractivity contribution is 7.11. The minimum absolute atomic E-state index is 0.0850. The van der Waals surface area contributed by atoms with E-state index in [4.69, 9.17) is 0 Å². The molecule has 0 aliphatic heterocycles. The monoisotopic (exact) mass is 185 g/mol. The Hall–Kier alpha value is -0.900. The van der Waals surface area contributed by atoms with Gasteiger partial charge in [0.2, 0.25) is 5.01 Å². The molecule has 0 N–H and O–H groups in total. The van der Waals surface area contributed by atoms with Gasteiger partial charge in [0.15, 0.2) is 12.7 Å². The second kappa shape index (κ2) is 3.67.